The number of nitrogens with one attached hydrogen (secondary N) is 2. The quantitative estimate of drug-likeness (QED) is 0.558. The van der Waals surface area contributed by atoms with Crippen molar-refractivity contribution in [3.63, 3.8) is 0 Å². The molecule has 0 radical (unpaired) electrons. The van der Waals surface area contributed by atoms with E-state index < -0.39 is 18.6 Å². The average Bonchev–Trinajstić information content (AvgIpc) is 3.13. The summed E-state index contributed by atoms with van der Waals surface area (Å²) in [6.07, 6.45) is -1.19. The minimum Gasteiger partial charge on any atom is -0.383 e. The van der Waals surface area contributed by atoms with E-state index in [1.807, 2.05) is 10.00 Å². The highest BCUT2D eigenvalue weighted by molar-refractivity contribution is 6.00. The van der Waals surface area contributed by atoms with E-state index in [4.69, 9.17) is 10.8 Å². The number of hydrogen-bond acceptors (Lipinski definition) is 6. The monoisotopic (exact) mass is 455 g/mol. The molecule has 0 aliphatic carbocycles. The van der Waals surface area contributed by atoms with Gasteiger partial charge in [0.05, 0.1) is 11.4 Å². The number of fused-ring (bicyclic) bond motifs is 1. The molecule has 0 saturated carbocycles. The normalized spacial score (nSPS) is 16.7. The fourth-order valence-corrected chi connectivity index (χ4v) is 3.58. The van der Waals surface area contributed by atoms with Crippen molar-refractivity contribution in [1.82, 2.24) is 30.4 Å². The lowest BCUT2D eigenvalue weighted by Gasteiger charge is -2.23. The third-order valence-electron chi connectivity index (χ3n) is 4.98. The van der Waals surface area contributed by atoms with Gasteiger partial charge in [0, 0.05) is 17.7 Å². The number of nitrogen functional groups attached to an aromatic ring is 1. The molecule has 3 heterocycles. The summed E-state index contributed by atoms with van der Waals surface area (Å²) in [6, 6.07) is 6.33. The molecule has 12 heteroatoms. The van der Waals surface area contributed by atoms with E-state index in [0.717, 1.165) is 25.9 Å². The number of piperidine rings is 1. The van der Waals surface area contributed by atoms with Crippen LogP contribution < -0.4 is 16.4 Å². The number of halogens is 4. The molecular weight excluding hydrogens is 435 g/mol. The van der Waals surface area contributed by atoms with Gasteiger partial charge < -0.3 is 16.4 Å². The van der Waals surface area contributed by atoms with Crippen molar-refractivity contribution in [1.29, 1.82) is 0 Å². The number of nitrogens with zero attached hydrogens (tertiary/aromatic N) is 4. The van der Waals surface area contributed by atoms with Crippen LogP contribution in [0.15, 0.2) is 30.6 Å². The van der Waals surface area contributed by atoms with Crippen LogP contribution in [0.3, 0.4) is 0 Å². The standard InChI is InChI=1S/C19H20F3N7O.ClH/c20-19(21,22)9-25-18(30)12-4-1-3-11(7-12)15-14-16(23)26-10-27-17(14)29(28-15)13-5-2-6-24-8-13;/h1,3-4,7,10,13,24H,2,5-6,8-9H2,(H,25,30)(H2,23,26,27);1H/t13-;/m1./s1. The number of carbonyl (C=O) groups is 1. The highest BCUT2D eigenvalue weighted by Gasteiger charge is 2.28. The first-order chi connectivity index (χ1) is 14.3. The Morgan fingerprint density at radius 3 is 2.84 bits per heavy atom. The summed E-state index contributed by atoms with van der Waals surface area (Å²) >= 11 is 0. The van der Waals surface area contributed by atoms with Crippen molar-refractivity contribution in [2.45, 2.75) is 25.1 Å². The highest BCUT2D eigenvalue weighted by atomic mass is 35.5. The van der Waals surface area contributed by atoms with Gasteiger partial charge in [-0.1, -0.05) is 12.1 Å². The molecule has 0 unspecified atom stereocenters. The first kappa shape index (κ1) is 22.8. The van der Waals surface area contributed by atoms with Crippen LogP contribution in [0, 0.1) is 0 Å². The van der Waals surface area contributed by atoms with Crippen molar-refractivity contribution in [3.05, 3.63) is 36.2 Å². The number of rotatable bonds is 4. The van der Waals surface area contributed by atoms with Gasteiger partial charge in [-0.25, -0.2) is 14.6 Å². The summed E-state index contributed by atoms with van der Waals surface area (Å²) in [6.45, 7) is 0.276. The average molecular weight is 456 g/mol. The van der Waals surface area contributed by atoms with Crippen molar-refractivity contribution < 1.29 is 18.0 Å². The van der Waals surface area contributed by atoms with Crippen LogP contribution in [0.2, 0.25) is 0 Å². The molecule has 4 N–H and O–H groups in total. The van der Waals surface area contributed by atoms with Gasteiger partial charge in [0.25, 0.3) is 5.91 Å². The van der Waals surface area contributed by atoms with Gasteiger partial charge >= 0.3 is 6.18 Å². The zero-order valence-electron chi connectivity index (χ0n) is 16.3. The molecule has 1 fully saturated rings. The van der Waals surface area contributed by atoms with E-state index in [2.05, 4.69) is 15.3 Å². The lowest BCUT2D eigenvalue weighted by atomic mass is 10.1. The topological polar surface area (TPSA) is 111 Å². The van der Waals surface area contributed by atoms with E-state index in [-0.39, 0.29) is 29.8 Å². The van der Waals surface area contributed by atoms with E-state index in [9.17, 15) is 18.0 Å². The molecule has 3 aromatic rings. The Kier molecular flexibility index (Phi) is 6.65. The van der Waals surface area contributed by atoms with Gasteiger partial charge in [0.2, 0.25) is 0 Å². The number of nitrogens with two attached hydrogens (primary N) is 1. The maximum atomic E-state index is 12.4. The molecule has 8 nitrogen and oxygen atoms in total. The number of aromatic nitrogens is 4. The summed E-state index contributed by atoms with van der Waals surface area (Å²) in [4.78, 5) is 20.6. The molecule has 1 aliphatic heterocycles. The number of amides is 1. The van der Waals surface area contributed by atoms with Gasteiger partial charge in [0.15, 0.2) is 5.65 Å². The summed E-state index contributed by atoms with van der Waals surface area (Å²) in [5, 5.41) is 10.5. The summed E-state index contributed by atoms with van der Waals surface area (Å²) in [5.74, 6) is -0.574. The predicted octanol–water partition coefficient (Wildman–Crippen LogP) is 2.71. The second-order valence-corrected chi connectivity index (χ2v) is 7.13. The molecular formula is C19H21ClF3N7O. The first-order valence-corrected chi connectivity index (χ1v) is 9.48. The lowest BCUT2D eigenvalue weighted by Crippen LogP contribution is -2.33. The number of carbonyl (C=O) groups excluding carboxylic acids is 1. The summed E-state index contributed by atoms with van der Waals surface area (Å²) in [5.41, 5.74) is 7.81. The minimum absolute atomic E-state index is 0. The summed E-state index contributed by atoms with van der Waals surface area (Å²) in [7, 11) is 0. The Balaban J connectivity index is 0.00000272. The lowest BCUT2D eigenvalue weighted by molar-refractivity contribution is -0.123. The van der Waals surface area contributed by atoms with Gasteiger partial charge in [-0.2, -0.15) is 18.3 Å². The van der Waals surface area contributed by atoms with E-state index >= 15 is 0 Å². The smallest absolute Gasteiger partial charge is 0.383 e. The molecule has 1 aliphatic rings. The van der Waals surface area contributed by atoms with Crippen molar-refractivity contribution in [2.75, 3.05) is 25.4 Å². The van der Waals surface area contributed by atoms with Crippen molar-refractivity contribution in [3.8, 4) is 11.3 Å². The van der Waals surface area contributed by atoms with Gasteiger partial charge in [-0.3, -0.25) is 4.79 Å². The third kappa shape index (κ3) is 4.88. The zero-order valence-corrected chi connectivity index (χ0v) is 17.1. The number of anilines is 1. The maximum absolute atomic E-state index is 12.4. The Bertz CT molecular complexity index is 1080. The first-order valence-electron chi connectivity index (χ1n) is 9.48. The van der Waals surface area contributed by atoms with Crippen LogP contribution in [-0.2, 0) is 0 Å². The van der Waals surface area contributed by atoms with Crippen LogP contribution >= 0.6 is 12.4 Å². The molecule has 166 valence electrons. The van der Waals surface area contributed by atoms with Crippen LogP contribution in [0.25, 0.3) is 22.3 Å². The molecule has 4 rings (SSSR count). The van der Waals surface area contributed by atoms with Crippen molar-refractivity contribution >= 4 is 35.2 Å². The molecule has 31 heavy (non-hydrogen) atoms. The molecule has 2 aromatic heterocycles. The highest BCUT2D eigenvalue weighted by Crippen LogP contribution is 2.33. The number of alkyl halides is 3. The Labute approximate surface area is 181 Å². The van der Waals surface area contributed by atoms with Gasteiger partial charge in [0.1, 0.15) is 24.4 Å². The largest absolute Gasteiger partial charge is 0.405 e. The van der Waals surface area contributed by atoms with Gasteiger partial charge in [-0.15, -0.1) is 12.4 Å². The Hall–Kier alpha value is -2.92. The molecule has 1 atom stereocenters. The minimum atomic E-state index is -4.48. The third-order valence-corrected chi connectivity index (χ3v) is 4.98. The van der Waals surface area contributed by atoms with E-state index in [1.165, 1.54) is 18.5 Å². The van der Waals surface area contributed by atoms with Gasteiger partial charge in [-0.05, 0) is 31.5 Å². The maximum Gasteiger partial charge on any atom is 0.405 e. The van der Waals surface area contributed by atoms with E-state index in [0.29, 0.717) is 22.3 Å². The fourth-order valence-electron chi connectivity index (χ4n) is 3.58. The molecule has 0 bridgehead atoms. The fraction of sp³-hybridized carbons (Fsp3) is 0.368. The number of hydrogen-bond donors (Lipinski definition) is 3. The predicted molar refractivity (Wildman–Crippen MR) is 112 cm³/mol. The van der Waals surface area contributed by atoms with Crippen LogP contribution in [0.1, 0.15) is 29.2 Å². The zero-order chi connectivity index (χ0) is 21.3. The van der Waals surface area contributed by atoms with Crippen molar-refractivity contribution in [2.24, 2.45) is 0 Å². The Morgan fingerprint density at radius 2 is 2.13 bits per heavy atom. The Morgan fingerprint density at radius 1 is 1.32 bits per heavy atom. The molecule has 0 spiro atoms. The molecule has 1 saturated heterocycles. The van der Waals surface area contributed by atoms with Crippen LogP contribution in [0.4, 0.5) is 19.0 Å². The molecule has 1 aromatic carbocycles. The SMILES string of the molecule is Cl.Nc1ncnc2c1c(-c1cccc(C(=O)NCC(F)(F)F)c1)nn2[C@@H]1CCCNC1. The van der Waals surface area contributed by atoms with Crippen LogP contribution in [0.5, 0.6) is 0 Å². The van der Waals surface area contributed by atoms with E-state index in [1.54, 1.807) is 12.1 Å². The van der Waals surface area contributed by atoms with Crippen LogP contribution in [-0.4, -0.2) is 51.5 Å². The summed E-state index contributed by atoms with van der Waals surface area (Å²) < 4.78 is 39.1. The molecule has 1 amide bonds. The second-order valence-electron chi connectivity index (χ2n) is 7.13. The number of benzene rings is 1. The second kappa shape index (κ2) is 9.06.